The second-order valence-electron chi connectivity index (χ2n) is 9.21. The number of anilines is 1. The minimum absolute atomic E-state index is 0.0897. The molecule has 9 heteroatoms. The summed E-state index contributed by atoms with van der Waals surface area (Å²) in [6, 6.07) is 16.7. The predicted octanol–water partition coefficient (Wildman–Crippen LogP) is 3.41. The molecule has 0 bridgehead atoms. The molecule has 36 heavy (non-hydrogen) atoms. The molecule has 0 aromatic heterocycles. The van der Waals surface area contributed by atoms with E-state index in [0.717, 1.165) is 5.56 Å². The fourth-order valence-electron chi connectivity index (χ4n) is 4.42. The number of amides is 2. The lowest BCUT2D eigenvalue weighted by molar-refractivity contribution is -0.133. The fraction of sp³-hybridized carbons (Fsp3) is 0.333. The van der Waals surface area contributed by atoms with Gasteiger partial charge in [0.2, 0.25) is 15.9 Å². The summed E-state index contributed by atoms with van der Waals surface area (Å²) in [7, 11) is -3.84. The van der Waals surface area contributed by atoms with Gasteiger partial charge in [-0.1, -0.05) is 48.9 Å². The lowest BCUT2D eigenvalue weighted by Crippen LogP contribution is -2.50. The van der Waals surface area contributed by atoms with Crippen molar-refractivity contribution in [2.24, 2.45) is 5.73 Å². The zero-order valence-corrected chi connectivity index (χ0v) is 21.3. The minimum Gasteiger partial charge on any atom is -0.341 e. The molecule has 0 aliphatic carbocycles. The van der Waals surface area contributed by atoms with Crippen molar-refractivity contribution in [2.45, 2.75) is 50.1 Å². The Morgan fingerprint density at radius 2 is 1.64 bits per heavy atom. The predicted molar refractivity (Wildman–Crippen MR) is 141 cm³/mol. The van der Waals surface area contributed by atoms with Crippen LogP contribution >= 0.6 is 0 Å². The molecule has 0 spiro atoms. The van der Waals surface area contributed by atoms with E-state index in [1.165, 1.54) is 6.07 Å². The third kappa shape index (κ3) is 5.59. The highest BCUT2D eigenvalue weighted by atomic mass is 32.2. The number of piperidine rings is 1. The van der Waals surface area contributed by atoms with Crippen molar-refractivity contribution < 1.29 is 18.0 Å². The highest BCUT2D eigenvalue weighted by Gasteiger charge is 2.29. The van der Waals surface area contributed by atoms with Gasteiger partial charge in [0.05, 0.1) is 10.9 Å². The summed E-state index contributed by atoms with van der Waals surface area (Å²) in [5.41, 5.74) is 7.98. The Bertz CT molecular complexity index is 1360. The normalized spacial score (nSPS) is 15.6. The second kappa shape index (κ2) is 10.8. The van der Waals surface area contributed by atoms with Crippen LogP contribution in [0.25, 0.3) is 10.8 Å². The van der Waals surface area contributed by atoms with Crippen LogP contribution in [0.15, 0.2) is 65.6 Å². The molecule has 4 N–H and O–H groups in total. The number of nitrogens with two attached hydrogens (primary N) is 1. The van der Waals surface area contributed by atoms with E-state index in [0.29, 0.717) is 54.4 Å². The van der Waals surface area contributed by atoms with E-state index in [1.807, 2.05) is 26.0 Å². The molecule has 0 radical (unpaired) electrons. The largest absolute Gasteiger partial charge is 0.341 e. The summed E-state index contributed by atoms with van der Waals surface area (Å²) in [5.74, 6) is -0.356. The van der Waals surface area contributed by atoms with E-state index in [9.17, 15) is 18.0 Å². The van der Waals surface area contributed by atoms with Crippen LogP contribution in [0.4, 0.5) is 5.69 Å². The van der Waals surface area contributed by atoms with Crippen LogP contribution in [0.1, 0.15) is 42.1 Å². The zero-order valence-electron chi connectivity index (χ0n) is 20.5. The standard InChI is InChI=1S/C27H32N4O4S/c1-3-23(28)27(33)31-16-14-20(15-17-31)30-36(34,35)25-13-12-24(21-6-4-5-7-22(21)25)29-26(32)19-10-8-18(2)9-11-19/h4-13,20,23,30H,3,14-17,28H2,1-2H3,(H,29,32). The van der Waals surface area contributed by atoms with Gasteiger partial charge in [0.25, 0.3) is 5.91 Å². The lowest BCUT2D eigenvalue weighted by atomic mass is 10.0. The third-order valence-corrected chi connectivity index (χ3v) is 8.20. The van der Waals surface area contributed by atoms with Crippen molar-refractivity contribution in [3.05, 3.63) is 71.8 Å². The van der Waals surface area contributed by atoms with Gasteiger partial charge in [-0.05, 0) is 50.5 Å². The molecule has 1 fully saturated rings. The van der Waals surface area contributed by atoms with Gasteiger partial charge < -0.3 is 16.0 Å². The first-order valence-corrected chi connectivity index (χ1v) is 13.6. The number of nitrogens with zero attached hydrogens (tertiary/aromatic N) is 1. The maximum atomic E-state index is 13.4. The Morgan fingerprint density at radius 1 is 1.00 bits per heavy atom. The van der Waals surface area contributed by atoms with Crippen molar-refractivity contribution in [2.75, 3.05) is 18.4 Å². The Labute approximate surface area is 211 Å². The van der Waals surface area contributed by atoms with E-state index in [-0.39, 0.29) is 22.8 Å². The summed E-state index contributed by atoms with van der Waals surface area (Å²) < 4.78 is 29.6. The molecule has 1 heterocycles. The molecule has 1 aliphatic rings. The van der Waals surface area contributed by atoms with E-state index < -0.39 is 16.1 Å². The van der Waals surface area contributed by atoms with Crippen molar-refractivity contribution >= 4 is 38.3 Å². The smallest absolute Gasteiger partial charge is 0.255 e. The number of benzene rings is 3. The van der Waals surface area contributed by atoms with Gasteiger partial charge in [-0.2, -0.15) is 0 Å². The van der Waals surface area contributed by atoms with Crippen LogP contribution in [0.5, 0.6) is 0 Å². The average molecular weight is 509 g/mol. The molecule has 2 amide bonds. The van der Waals surface area contributed by atoms with Crippen LogP contribution in [0.2, 0.25) is 0 Å². The number of rotatable bonds is 7. The molecule has 4 rings (SSSR count). The van der Waals surface area contributed by atoms with Crippen LogP contribution in [-0.2, 0) is 14.8 Å². The molecule has 190 valence electrons. The number of sulfonamides is 1. The van der Waals surface area contributed by atoms with Gasteiger partial charge in [0.15, 0.2) is 0 Å². The molecule has 3 aromatic carbocycles. The molecule has 0 saturated carbocycles. The van der Waals surface area contributed by atoms with Crippen LogP contribution in [0.3, 0.4) is 0 Å². The topological polar surface area (TPSA) is 122 Å². The summed E-state index contributed by atoms with van der Waals surface area (Å²) >= 11 is 0. The molecular weight excluding hydrogens is 476 g/mol. The van der Waals surface area contributed by atoms with E-state index >= 15 is 0 Å². The Kier molecular flexibility index (Phi) is 7.73. The number of nitrogens with one attached hydrogen (secondary N) is 2. The highest BCUT2D eigenvalue weighted by molar-refractivity contribution is 7.89. The number of carbonyl (C=O) groups excluding carboxylic acids is 2. The summed E-state index contributed by atoms with van der Waals surface area (Å²) in [5, 5.41) is 4.06. The summed E-state index contributed by atoms with van der Waals surface area (Å²) in [6.45, 7) is 4.75. The highest BCUT2D eigenvalue weighted by Crippen LogP contribution is 2.30. The first kappa shape index (κ1) is 25.8. The summed E-state index contributed by atoms with van der Waals surface area (Å²) in [6.07, 6.45) is 1.61. The van der Waals surface area contributed by atoms with Gasteiger partial charge in [0.1, 0.15) is 0 Å². The van der Waals surface area contributed by atoms with Gasteiger partial charge in [-0.15, -0.1) is 0 Å². The number of aryl methyl sites for hydroxylation is 1. The van der Waals surface area contributed by atoms with E-state index in [4.69, 9.17) is 5.73 Å². The molecule has 3 aromatic rings. The SMILES string of the molecule is CCC(N)C(=O)N1CCC(NS(=O)(=O)c2ccc(NC(=O)c3ccc(C)cc3)c3ccccc23)CC1. The molecule has 1 unspecified atom stereocenters. The van der Waals surface area contributed by atoms with Gasteiger partial charge in [0, 0.05) is 41.2 Å². The molecular formula is C27H32N4O4S. The monoisotopic (exact) mass is 508 g/mol. The third-order valence-electron chi connectivity index (χ3n) is 6.62. The van der Waals surface area contributed by atoms with Gasteiger partial charge in [-0.3, -0.25) is 9.59 Å². The van der Waals surface area contributed by atoms with Crippen molar-refractivity contribution in [1.82, 2.24) is 9.62 Å². The first-order valence-electron chi connectivity index (χ1n) is 12.2. The van der Waals surface area contributed by atoms with E-state index in [1.54, 1.807) is 47.4 Å². The first-order chi connectivity index (χ1) is 17.2. The minimum atomic E-state index is -3.84. The zero-order chi connectivity index (χ0) is 25.9. The Hall–Kier alpha value is -3.27. The van der Waals surface area contributed by atoms with Crippen LogP contribution in [-0.4, -0.2) is 50.3 Å². The average Bonchev–Trinajstić information content (AvgIpc) is 2.88. The Morgan fingerprint density at radius 3 is 2.28 bits per heavy atom. The lowest BCUT2D eigenvalue weighted by Gasteiger charge is -2.33. The van der Waals surface area contributed by atoms with Crippen LogP contribution in [0, 0.1) is 6.92 Å². The molecule has 1 saturated heterocycles. The van der Waals surface area contributed by atoms with Crippen molar-refractivity contribution in [3.8, 4) is 0 Å². The van der Waals surface area contributed by atoms with E-state index in [2.05, 4.69) is 10.0 Å². The maximum Gasteiger partial charge on any atom is 0.255 e. The number of hydrogen-bond acceptors (Lipinski definition) is 5. The number of hydrogen-bond donors (Lipinski definition) is 3. The van der Waals surface area contributed by atoms with Crippen molar-refractivity contribution in [3.63, 3.8) is 0 Å². The van der Waals surface area contributed by atoms with Crippen LogP contribution < -0.4 is 15.8 Å². The number of likely N-dealkylation sites (tertiary alicyclic amines) is 1. The maximum absolute atomic E-state index is 13.4. The van der Waals surface area contributed by atoms with Crippen molar-refractivity contribution in [1.29, 1.82) is 0 Å². The summed E-state index contributed by atoms with van der Waals surface area (Å²) in [4.78, 5) is 27.0. The molecule has 1 aliphatic heterocycles. The molecule has 8 nitrogen and oxygen atoms in total. The number of fused-ring (bicyclic) bond motifs is 1. The second-order valence-corrected chi connectivity index (χ2v) is 10.9. The number of carbonyl (C=O) groups is 2. The fourth-order valence-corrected chi connectivity index (χ4v) is 5.94. The van der Waals surface area contributed by atoms with Gasteiger partial charge >= 0.3 is 0 Å². The van der Waals surface area contributed by atoms with Gasteiger partial charge in [-0.25, -0.2) is 13.1 Å². The Balaban J connectivity index is 1.52. The quantitative estimate of drug-likeness (QED) is 0.452. The molecule has 1 atom stereocenters.